The zero-order valence-electron chi connectivity index (χ0n) is 13.2. The van der Waals surface area contributed by atoms with Gasteiger partial charge in [0.1, 0.15) is 0 Å². The van der Waals surface area contributed by atoms with E-state index in [1.807, 2.05) is 18.2 Å². The van der Waals surface area contributed by atoms with Gasteiger partial charge in [0, 0.05) is 23.4 Å². The van der Waals surface area contributed by atoms with E-state index in [2.05, 4.69) is 15.4 Å². The van der Waals surface area contributed by atoms with Gasteiger partial charge in [0.2, 0.25) is 5.91 Å². The van der Waals surface area contributed by atoms with Crippen LogP contribution < -0.4 is 10.6 Å². The Balaban J connectivity index is 1.97. The van der Waals surface area contributed by atoms with Crippen molar-refractivity contribution in [2.45, 2.75) is 12.8 Å². The Kier molecular flexibility index (Phi) is 6.08. The lowest BCUT2D eigenvalue weighted by Crippen LogP contribution is -2.15. The summed E-state index contributed by atoms with van der Waals surface area (Å²) in [6.45, 7) is 0. The first-order valence-corrected chi connectivity index (χ1v) is 7.41. The van der Waals surface area contributed by atoms with Crippen LogP contribution in [0.15, 0.2) is 54.6 Å². The van der Waals surface area contributed by atoms with Gasteiger partial charge in [0.15, 0.2) is 0 Å². The fourth-order valence-corrected chi connectivity index (χ4v) is 2.00. The highest BCUT2D eigenvalue weighted by Gasteiger charge is 2.10. The lowest BCUT2D eigenvalue weighted by molar-refractivity contribution is -0.141. The summed E-state index contributed by atoms with van der Waals surface area (Å²) in [7, 11) is 1.27. The molecule has 0 fully saturated rings. The molecule has 2 amide bonds. The molecule has 0 aliphatic heterocycles. The zero-order chi connectivity index (χ0) is 17.4. The van der Waals surface area contributed by atoms with Crippen LogP contribution in [0.4, 0.5) is 11.4 Å². The van der Waals surface area contributed by atoms with Crippen LogP contribution in [0.5, 0.6) is 0 Å². The van der Waals surface area contributed by atoms with E-state index in [4.69, 9.17) is 0 Å². The van der Waals surface area contributed by atoms with E-state index in [0.717, 1.165) is 0 Å². The molecule has 0 aliphatic carbocycles. The van der Waals surface area contributed by atoms with E-state index < -0.39 is 5.97 Å². The normalized spacial score (nSPS) is 9.88. The Morgan fingerprint density at radius 2 is 1.58 bits per heavy atom. The number of para-hydroxylation sites is 1. The molecule has 2 rings (SSSR count). The summed E-state index contributed by atoms with van der Waals surface area (Å²) in [5.41, 5.74) is 1.60. The molecule has 6 heteroatoms. The van der Waals surface area contributed by atoms with E-state index in [-0.39, 0.29) is 24.7 Å². The fourth-order valence-electron chi connectivity index (χ4n) is 2.00. The molecule has 0 atom stereocenters. The van der Waals surface area contributed by atoms with Gasteiger partial charge < -0.3 is 15.4 Å². The minimum Gasteiger partial charge on any atom is -0.469 e. The largest absolute Gasteiger partial charge is 0.469 e. The van der Waals surface area contributed by atoms with Crippen molar-refractivity contribution in [3.63, 3.8) is 0 Å². The lowest BCUT2D eigenvalue weighted by atomic mass is 10.1. The summed E-state index contributed by atoms with van der Waals surface area (Å²) >= 11 is 0. The molecule has 0 saturated carbocycles. The number of rotatable bonds is 6. The van der Waals surface area contributed by atoms with Crippen LogP contribution in [0.25, 0.3) is 0 Å². The minimum absolute atomic E-state index is 0.0104. The molecule has 0 spiro atoms. The Labute approximate surface area is 139 Å². The Hall–Kier alpha value is -3.15. The van der Waals surface area contributed by atoms with E-state index in [0.29, 0.717) is 16.9 Å². The van der Waals surface area contributed by atoms with E-state index in [1.165, 1.54) is 7.11 Å². The first-order chi connectivity index (χ1) is 11.6. The quantitative estimate of drug-likeness (QED) is 0.800. The van der Waals surface area contributed by atoms with Crippen LogP contribution in [-0.4, -0.2) is 24.9 Å². The highest BCUT2D eigenvalue weighted by molar-refractivity contribution is 6.05. The van der Waals surface area contributed by atoms with Gasteiger partial charge >= 0.3 is 5.97 Å². The molecular weight excluding hydrogens is 308 g/mol. The Bertz CT molecular complexity index is 729. The molecule has 0 aliphatic rings. The molecule has 6 nitrogen and oxygen atoms in total. The number of hydrogen-bond acceptors (Lipinski definition) is 4. The third-order valence-electron chi connectivity index (χ3n) is 3.22. The maximum atomic E-state index is 12.2. The molecule has 0 heterocycles. The Morgan fingerprint density at radius 1 is 0.875 bits per heavy atom. The van der Waals surface area contributed by atoms with E-state index in [1.54, 1.807) is 36.4 Å². The van der Waals surface area contributed by atoms with Crippen molar-refractivity contribution in [3.8, 4) is 0 Å². The number of amides is 2. The van der Waals surface area contributed by atoms with Gasteiger partial charge in [-0.3, -0.25) is 14.4 Å². The monoisotopic (exact) mass is 326 g/mol. The van der Waals surface area contributed by atoms with Gasteiger partial charge in [-0.1, -0.05) is 24.3 Å². The molecule has 24 heavy (non-hydrogen) atoms. The Morgan fingerprint density at radius 3 is 2.29 bits per heavy atom. The number of esters is 1. The van der Waals surface area contributed by atoms with Crippen molar-refractivity contribution in [1.29, 1.82) is 0 Å². The SMILES string of the molecule is COC(=O)CCC(=O)Nc1cccc(C(=O)Nc2ccccc2)c1. The van der Waals surface area contributed by atoms with Gasteiger partial charge in [-0.25, -0.2) is 0 Å². The predicted octanol–water partition coefficient (Wildman–Crippen LogP) is 2.83. The second-order valence-electron chi connectivity index (χ2n) is 5.03. The first-order valence-electron chi connectivity index (χ1n) is 7.41. The number of benzene rings is 2. The van der Waals surface area contributed by atoms with Crippen molar-refractivity contribution < 1.29 is 19.1 Å². The molecule has 0 unspecified atom stereocenters. The predicted molar refractivity (Wildman–Crippen MR) is 90.7 cm³/mol. The smallest absolute Gasteiger partial charge is 0.306 e. The highest BCUT2D eigenvalue weighted by Crippen LogP contribution is 2.14. The van der Waals surface area contributed by atoms with E-state index in [9.17, 15) is 14.4 Å². The van der Waals surface area contributed by atoms with Gasteiger partial charge in [-0.05, 0) is 30.3 Å². The number of carbonyl (C=O) groups excluding carboxylic acids is 3. The van der Waals surface area contributed by atoms with E-state index >= 15 is 0 Å². The molecule has 0 saturated heterocycles. The summed E-state index contributed by atoms with van der Waals surface area (Å²) in [5.74, 6) is -1.03. The maximum absolute atomic E-state index is 12.2. The first kappa shape index (κ1) is 17.2. The minimum atomic E-state index is -0.443. The standard InChI is InChI=1S/C18H18N2O4/c1-24-17(22)11-10-16(21)19-15-9-5-6-13(12-15)18(23)20-14-7-3-2-4-8-14/h2-9,12H,10-11H2,1H3,(H,19,21)(H,20,23). The van der Waals surface area contributed by atoms with Crippen molar-refractivity contribution >= 4 is 29.2 Å². The van der Waals surface area contributed by atoms with Gasteiger partial charge in [-0.15, -0.1) is 0 Å². The molecule has 0 radical (unpaired) electrons. The van der Waals surface area contributed by atoms with Crippen LogP contribution >= 0.6 is 0 Å². The lowest BCUT2D eigenvalue weighted by Gasteiger charge is -2.08. The van der Waals surface area contributed by atoms with Crippen LogP contribution in [0.2, 0.25) is 0 Å². The summed E-state index contributed by atoms with van der Waals surface area (Å²) in [5, 5.41) is 5.43. The zero-order valence-corrected chi connectivity index (χ0v) is 13.2. The summed E-state index contributed by atoms with van der Waals surface area (Å²) < 4.78 is 4.49. The summed E-state index contributed by atoms with van der Waals surface area (Å²) in [4.78, 5) is 35.0. The van der Waals surface area contributed by atoms with Crippen molar-refractivity contribution in [2.24, 2.45) is 0 Å². The van der Waals surface area contributed by atoms with Gasteiger partial charge in [0.25, 0.3) is 5.91 Å². The molecule has 0 bridgehead atoms. The fraction of sp³-hybridized carbons (Fsp3) is 0.167. The highest BCUT2D eigenvalue weighted by atomic mass is 16.5. The number of hydrogen-bond donors (Lipinski definition) is 2. The molecular formula is C18H18N2O4. The van der Waals surface area contributed by atoms with Gasteiger partial charge in [0.05, 0.1) is 13.5 Å². The van der Waals surface area contributed by atoms with Gasteiger partial charge in [-0.2, -0.15) is 0 Å². The number of ether oxygens (including phenoxy) is 1. The third kappa shape index (κ3) is 5.24. The summed E-state index contributed by atoms with van der Waals surface area (Å²) in [6.07, 6.45) is 0.0314. The number of methoxy groups -OCH3 is 1. The molecule has 2 N–H and O–H groups in total. The number of nitrogens with one attached hydrogen (secondary N) is 2. The molecule has 2 aromatic rings. The second-order valence-corrected chi connectivity index (χ2v) is 5.03. The van der Waals surface area contributed by atoms with Crippen molar-refractivity contribution in [2.75, 3.05) is 17.7 Å². The van der Waals surface area contributed by atoms with Crippen LogP contribution in [0.1, 0.15) is 23.2 Å². The number of carbonyl (C=O) groups is 3. The maximum Gasteiger partial charge on any atom is 0.306 e. The average Bonchev–Trinajstić information content (AvgIpc) is 2.60. The second kappa shape index (κ2) is 8.47. The van der Waals surface area contributed by atoms with Crippen LogP contribution in [0, 0.1) is 0 Å². The number of anilines is 2. The summed E-state index contributed by atoms with van der Waals surface area (Å²) in [6, 6.07) is 15.7. The van der Waals surface area contributed by atoms with Crippen LogP contribution in [-0.2, 0) is 14.3 Å². The van der Waals surface area contributed by atoms with Crippen LogP contribution in [0.3, 0.4) is 0 Å². The van der Waals surface area contributed by atoms with Crippen molar-refractivity contribution in [3.05, 3.63) is 60.2 Å². The average molecular weight is 326 g/mol. The topological polar surface area (TPSA) is 84.5 Å². The molecule has 2 aromatic carbocycles. The van der Waals surface area contributed by atoms with Crippen molar-refractivity contribution in [1.82, 2.24) is 0 Å². The molecule has 0 aromatic heterocycles. The molecule has 124 valence electrons. The third-order valence-corrected chi connectivity index (χ3v) is 3.22.